The Kier molecular flexibility index (Phi) is 8.23. The van der Waals surface area contributed by atoms with Crippen molar-refractivity contribution in [1.82, 2.24) is 0 Å². The first kappa shape index (κ1) is 13.1. The molecule has 0 fully saturated rings. The van der Waals surface area contributed by atoms with Gasteiger partial charge in [0.15, 0.2) is 0 Å². The molecule has 0 radical (unpaired) electrons. The molecule has 0 aromatic carbocycles. The summed E-state index contributed by atoms with van der Waals surface area (Å²) in [5, 5.41) is 19.3. The second-order valence-corrected chi connectivity index (χ2v) is 1.50. The Morgan fingerprint density at radius 1 is 1.40 bits per heavy atom. The SMILES string of the molecule is NC(CC(=O)[O-])C(=O)[O-].[K+]. The first-order valence-corrected chi connectivity index (χ1v) is 2.20. The molecule has 0 aliphatic heterocycles. The van der Waals surface area contributed by atoms with Crippen LogP contribution in [0.5, 0.6) is 0 Å². The zero-order valence-corrected chi connectivity index (χ0v) is 8.62. The number of rotatable bonds is 3. The molecule has 0 bridgehead atoms. The first-order chi connectivity index (χ1) is 4.04. The topological polar surface area (TPSA) is 106 Å². The second-order valence-electron chi connectivity index (χ2n) is 1.50. The van der Waals surface area contributed by atoms with Gasteiger partial charge in [-0.25, -0.2) is 0 Å². The molecule has 10 heavy (non-hydrogen) atoms. The van der Waals surface area contributed by atoms with E-state index < -0.39 is 24.4 Å². The van der Waals surface area contributed by atoms with Gasteiger partial charge in [0, 0.05) is 18.4 Å². The number of hydrogen-bond acceptors (Lipinski definition) is 5. The van der Waals surface area contributed by atoms with Crippen LogP contribution in [-0.4, -0.2) is 18.0 Å². The molecule has 0 rings (SSSR count). The van der Waals surface area contributed by atoms with Crippen LogP contribution in [0.25, 0.3) is 0 Å². The van der Waals surface area contributed by atoms with Crippen molar-refractivity contribution in [3.8, 4) is 0 Å². The summed E-state index contributed by atoms with van der Waals surface area (Å²) in [6.45, 7) is 0. The van der Waals surface area contributed by atoms with Gasteiger partial charge in [0.25, 0.3) is 0 Å². The molecule has 0 aromatic heterocycles. The van der Waals surface area contributed by atoms with Gasteiger partial charge in [-0.2, -0.15) is 0 Å². The van der Waals surface area contributed by atoms with Crippen LogP contribution in [0.1, 0.15) is 6.42 Å². The minimum atomic E-state index is -1.58. The summed E-state index contributed by atoms with van der Waals surface area (Å²) in [7, 11) is 0. The fraction of sp³-hybridized carbons (Fsp3) is 0.500. The van der Waals surface area contributed by atoms with Gasteiger partial charge in [-0.15, -0.1) is 0 Å². The normalized spacial score (nSPS) is 11.3. The second kappa shape index (κ2) is 6.26. The number of nitrogens with two attached hydrogens (primary N) is 1. The number of carbonyl (C=O) groups excluding carboxylic acids is 2. The quantitative estimate of drug-likeness (QED) is 0.424. The van der Waals surface area contributed by atoms with Gasteiger partial charge in [0.05, 0.1) is 5.97 Å². The van der Waals surface area contributed by atoms with Crippen molar-refractivity contribution in [3.05, 3.63) is 0 Å². The monoisotopic (exact) mass is 170 g/mol. The molecule has 0 amide bonds. The van der Waals surface area contributed by atoms with Crippen molar-refractivity contribution in [2.75, 3.05) is 0 Å². The molecule has 0 saturated carbocycles. The Bertz CT molecular complexity index is 137. The van der Waals surface area contributed by atoms with Gasteiger partial charge < -0.3 is 25.5 Å². The maximum absolute atomic E-state index is 9.71. The van der Waals surface area contributed by atoms with Crippen molar-refractivity contribution in [2.24, 2.45) is 5.73 Å². The summed E-state index contributed by atoms with van der Waals surface area (Å²) < 4.78 is 0. The van der Waals surface area contributed by atoms with E-state index in [1.54, 1.807) is 0 Å². The molecule has 0 spiro atoms. The molecule has 0 aromatic rings. The van der Waals surface area contributed by atoms with Crippen LogP contribution in [0, 0.1) is 0 Å². The number of carboxylic acids is 2. The molecule has 5 nitrogen and oxygen atoms in total. The van der Waals surface area contributed by atoms with E-state index >= 15 is 0 Å². The minimum Gasteiger partial charge on any atom is -0.550 e. The molecule has 0 aliphatic rings. The summed E-state index contributed by atoms with van der Waals surface area (Å²) >= 11 is 0. The molecule has 52 valence electrons. The average Bonchev–Trinajstić information content (AvgIpc) is 1.63. The van der Waals surface area contributed by atoms with E-state index in [0.29, 0.717) is 0 Å². The summed E-state index contributed by atoms with van der Waals surface area (Å²) in [4.78, 5) is 19.3. The number of hydrogen-bond donors (Lipinski definition) is 1. The van der Waals surface area contributed by atoms with Gasteiger partial charge in [-0.05, 0) is 0 Å². The fourth-order valence-corrected chi connectivity index (χ4v) is 0.263. The van der Waals surface area contributed by atoms with Crippen molar-refractivity contribution in [1.29, 1.82) is 0 Å². The van der Waals surface area contributed by atoms with Crippen LogP contribution in [-0.2, 0) is 9.59 Å². The molecule has 0 heterocycles. The molecule has 0 aliphatic carbocycles. The smallest absolute Gasteiger partial charge is 0.550 e. The standard InChI is InChI=1S/C4H7NO4.K/c5-2(4(8)9)1-3(6)7;/h2H,1,5H2,(H,6,7)(H,8,9);/q;+1/p-2. The van der Waals surface area contributed by atoms with Gasteiger partial charge in [-0.1, -0.05) is 0 Å². The third-order valence-corrected chi connectivity index (χ3v) is 0.689. The van der Waals surface area contributed by atoms with Gasteiger partial charge in [0.2, 0.25) is 0 Å². The van der Waals surface area contributed by atoms with E-state index in [1.165, 1.54) is 0 Å². The predicted molar refractivity (Wildman–Crippen MR) is 22.6 cm³/mol. The minimum absolute atomic E-state index is 0. The Morgan fingerprint density at radius 3 is 1.90 bits per heavy atom. The summed E-state index contributed by atoms with van der Waals surface area (Å²) in [5.74, 6) is -3.08. The Hall–Kier alpha value is 0.536. The van der Waals surface area contributed by atoms with E-state index in [-0.39, 0.29) is 51.4 Å². The van der Waals surface area contributed by atoms with Crippen molar-refractivity contribution >= 4 is 11.9 Å². The van der Waals surface area contributed by atoms with E-state index in [0.717, 1.165) is 0 Å². The average molecular weight is 170 g/mol. The maximum Gasteiger partial charge on any atom is 1.00 e. The van der Waals surface area contributed by atoms with Crippen LogP contribution in [0.2, 0.25) is 0 Å². The zero-order valence-electron chi connectivity index (χ0n) is 5.49. The van der Waals surface area contributed by atoms with Crippen LogP contribution >= 0.6 is 0 Å². The zero-order chi connectivity index (χ0) is 7.44. The summed E-state index contributed by atoms with van der Waals surface area (Å²) in [5.41, 5.74) is 4.73. The van der Waals surface area contributed by atoms with Crippen LogP contribution in [0.3, 0.4) is 0 Å². The van der Waals surface area contributed by atoms with E-state index in [1.807, 2.05) is 0 Å². The third kappa shape index (κ3) is 6.65. The predicted octanol–water partition coefficient (Wildman–Crippen LogP) is -6.79. The van der Waals surface area contributed by atoms with Crippen molar-refractivity contribution < 1.29 is 71.2 Å². The van der Waals surface area contributed by atoms with Crippen molar-refractivity contribution in [3.63, 3.8) is 0 Å². The number of carboxylic acid groups (broad SMARTS) is 2. The molecule has 2 N–H and O–H groups in total. The number of carbonyl (C=O) groups is 2. The summed E-state index contributed by atoms with van der Waals surface area (Å²) in [6, 6.07) is -1.46. The van der Waals surface area contributed by atoms with Crippen LogP contribution in [0.15, 0.2) is 0 Å². The molecule has 1 atom stereocenters. The molecule has 0 saturated heterocycles. The van der Waals surface area contributed by atoms with Crippen LogP contribution < -0.4 is 67.3 Å². The first-order valence-electron chi connectivity index (χ1n) is 2.20. The van der Waals surface area contributed by atoms with Gasteiger partial charge >= 0.3 is 51.4 Å². The Morgan fingerprint density at radius 2 is 1.80 bits per heavy atom. The van der Waals surface area contributed by atoms with Gasteiger partial charge in [0.1, 0.15) is 0 Å². The molecule has 1 unspecified atom stereocenters. The van der Waals surface area contributed by atoms with E-state index in [4.69, 9.17) is 5.73 Å². The molecule has 6 heteroatoms. The van der Waals surface area contributed by atoms with E-state index in [9.17, 15) is 19.8 Å². The fourth-order valence-electron chi connectivity index (χ4n) is 0.263. The largest absolute Gasteiger partial charge is 1.00 e. The Labute approximate surface area is 100 Å². The molecular weight excluding hydrogens is 165 g/mol. The van der Waals surface area contributed by atoms with Crippen LogP contribution in [0.4, 0.5) is 0 Å². The van der Waals surface area contributed by atoms with Crippen molar-refractivity contribution in [2.45, 2.75) is 12.5 Å². The van der Waals surface area contributed by atoms with Gasteiger partial charge in [-0.3, -0.25) is 0 Å². The summed E-state index contributed by atoms with van der Waals surface area (Å²) in [6.07, 6.45) is -0.706. The van der Waals surface area contributed by atoms with E-state index in [2.05, 4.69) is 0 Å². The number of aliphatic carboxylic acids is 2. The molecular formula is C4H5KNO4-. The third-order valence-electron chi connectivity index (χ3n) is 0.689. The maximum atomic E-state index is 9.71. The Balaban J connectivity index is 0.